The second kappa shape index (κ2) is 4.99. The molecule has 1 aromatic carbocycles. The quantitative estimate of drug-likeness (QED) is 0.757. The first-order chi connectivity index (χ1) is 7.83. The van der Waals surface area contributed by atoms with Crippen LogP contribution in [-0.4, -0.2) is 12.1 Å². The van der Waals surface area contributed by atoms with Gasteiger partial charge in [-0.3, -0.25) is 4.98 Å². The molecule has 0 N–H and O–H groups in total. The maximum absolute atomic E-state index is 5.69. The minimum Gasteiger partial charge on any atom is -0.497 e. The highest BCUT2D eigenvalue weighted by molar-refractivity contribution is 6.16. The van der Waals surface area contributed by atoms with Crippen LogP contribution in [0.2, 0.25) is 0 Å². The average molecular weight is 234 g/mol. The number of hydrogen-bond donors (Lipinski definition) is 0. The van der Waals surface area contributed by atoms with Gasteiger partial charge in [0.05, 0.1) is 18.7 Å². The Morgan fingerprint density at radius 1 is 1.06 bits per heavy atom. The molecule has 16 heavy (non-hydrogen) atoms. The highest BCUT2D eigenvalue weighted by Gasteiger charge is 1.99. The van der Waals surface area contributed by atoms with E-state index in [0.29, 0.717) is 5.88 Å². The van der Waals surface area contributed by atoms with E-state index >= 15 is 0 Å². The fourth-order valence-corrected chi connectivity index (χ4v) is 1.62. The van der Waals surface area contributed by atoms with Crippen molar-refractivity contribution in [2.45, 2.75) is 5.88 Å². The summed E-state index contributed by atoms with van der Waals surface area (Å²) in [5.41, 5.74) is 3.09. The Kier molecular flexibility index (Phi) is 3.42. The number of pyridine rings is 1. The van der Waals surface area contributed by atoms with Gasteiger partial charge >= 0.3 is 0 Å². The lowest BCUT2D eigenvalue weighted by Gasteiger charge is -2.03. The number of aromatic nitrogens is 1. The summed E-state index contributed by atoms with van der Waals surface area (Å²) in [6.45, 7) is 0. The van der Waals surface area contributed by atoms with E-state index in [0.717, 1.165) is 22.6 Å². The number of ether oxygens (including phenoxy) is 1. The molecule has 2 nitrogen and oxygen atoms in total. The largest absolute Gasteiger partial charge is 0.497 e. The van der Waals surface area contributed by atoms with Crippen LogP contribution in [0, 0.1) is 0 Å². The maximum Gasteiger partial charge on any atom is 0.118 e. The Bertz CT molecular complexity index is 405. The molecule has 0 amide bonds. The number of hydrogen-bond acceptors (Lipinski definition) is 2. The monoisotopic (exact) mass is 233 g/mol. The van der Waals surface area contributed by atoms with E-state index in [1.54, 1.807) is 7.11 Å². The molecule has 0 atom stereocenters. The van der Waals surface area contributed by atoms with Gasteiger partial charge in [0.2, 0.25) is 0 Å². The Morgan fingerprint density at radius 3 is 2.25 bits per heavy atom. The molecule has 0 unspecified atom stereocenters. The third-order valence-corrected chi connectivity index (χ3v) is 2.66. The molecule has 0 aliphatic heterocycles. The van der Waals surface area contributed by atoms with Crippen molar-refractivity contribution in [1.29, 1.82) is 0 Å². The normalized spacial score (nSPS) is 10.1. The van der Waals surface area contributed by atoms with Crippen LogP contribution in [0.25, 0.3) is 11.1 Å². The van der Waals surface area contributed by atoms with Gasteiger partial charge in [0.15, 0.2) is 0 Å². The van der Waals surface area contributed by atoms with Gasteiger partial charge in [-0.2, -0.15) is 0 Å². The molecule has 82 valence electrons. The Morgan fingerprint density at radius 2 is 1.75 bits per heavy atom. The lowest BCUT2D eigenvalue weighted by molar-refractivity contribution is 0.415. The van der Waals surface area contributed by atoms with Crippen molar-refractivity contribution in [3.63, 3.8) is 0 Å². The molecule has 0 bridgehead atoms. The first-order valence-corrected chi connectivity index (χ1v) is 5.52. The number of alkyl halides is 1. The summed E-state index contributed by atoms with van der Waals surface area (Å²) in [5.74, 6) is 1.30. The molecule has 0 saturated heterocycles. The van der Waals surface area contributed by atoms with E-state index in [2.05, 4.69) is 4.98 Å². The van der Waals surface area contributed by atoms with Crippen LogP contribution in [0.4, 0.5) is 0 Å². The molecule has 0 saturated carbocycles. The van der Waals surface area contributed by atoms with Crippen LogP contribution in [0.3, 0.4) is 0 Å². The summed E-state index contributed by atoms with van der Waals surface area (Å²) in [4.78, 5) is 4.25. The van der Waals surface area contributed by atoms with E-state index in [4.69, 9.17) is 16.3 Å². The van der Waals surface area contributed by atoms with Crippen molar-refractivity contribution in [3.05, 3.63) is 48.3 Å². The first kappa shape index (κ1) is 11.0. The Hall–Kier alpha value is -1.54. The highest BCUT2D eigenvalue weighted by Crippen LogP contribution is 2.21. The number of methoxy groups -OCH3 is 1. The van der Waals surface area contributed by atoms with Crippen molar-refractivity contribution in [2.75, 3.05) is 7.11 Å². The van der Waals surface area contributed by atoms with Crippen LogP contribution in [0.1, 0.15) is 5.69 Å². The summed E-state index contributed by atoms with van der Waals surface area (Å²) in [7, 11) is 1.66. The number of nitrogens with zero attached hydrogens (tertiary/aromatic N) is 1. The van der Waals surface area contributed by atoms with Gasteiger partial charge in [-0.15, -0.1) is 11.6 Å². The molecule has 1 heterocycles. The van der Waals surface area contributed by atoms with Gasteiger partial charge in [0, 0.05) is 11.8 Å². The van der Waals surface area contributed by atoms with Crippen LogP contribution in [0.15, 0.2) is 42.6 Å². The SMILES string of the molecule is COc1ccc(-c2ccc(CCl)nc2)cc1. The molecule has 2 aromatic rings. The van der Waals surface area contributed by atoms with E-state index in [1.807, 2.05) is 42.6 Å². The molecule has 0 spiro atoms. The molecular weight excluding hydrogens is 222 g/mol. The van der Waals surface area contributed by atoms with Gasteiger partial charge in [0.25, 0.3) is 0 Å². The van der Waals surface area contributed by atoms with E-state index < -0.39 is 0 Å². The zero-order valence-corrected chi connectivity index (χ0v) is 9.74. The van der Waals surface area contributed by atoms with E-state index in [-0.39, 0.29) is 0 Å². The third kappa shape index (κ3) is 2.34. The maximum atomic E-state index is 5.69. The van der Waals surface area contributed by atoms with E-state index in [1.165, 1.54) is 0 Å². The lowest BCUT2D eigenvalue weighted by atomic mass is 10.1. The highest BCUT2D eigenvalue weighted by atomic mass is 35.5. The summed E-state index contributed by atoms with van der Waals surface area (Å²) >= 11 is 5.69. The molecule has 0 aliphatic carbocycles. The van der Waals surface area contributed by atoms with Gasteiger partial charge in [-0.1, -0.05) is 18.2 Å². The summed E-state index contributed by atoms with van der Waals surface area (Å²) in [5, 5.41) is 0. The standard InChI is InChI=1S/C13H12ClNO/c1-16-13-6-3-10(4-7-13)11-2-5-12(8-14)15-9-11/h2-7,9H,8H2,1H3. The molecular formula is C13H12ClNO. The van der Waals surface area contributed by atoms with Crippen LogP contribution in [-0.2, 0) is 5.88 Å². The van der Waals surface area contributed by atoms with Gasteiger partial charge in [-0.05, 0) is 23.8 Å². The predicted octanol–water partition coefficient (Wildman–Crippen LogP) is 3.50. The van der Waals surface area contributed by atoms with Crippen molar-refractivity contribution >= 4 is 11.6 Å². The smallest absolute Gasteiger partial charge is 0.118 e. The zero-order valence-electron chi connectivity index (χ0n) is 8.98. The van der Waals surface area contributed by atoms with Gasteiger partial charge < -0.3 is 4.74 Å². The second-order valence-electron chi connectivity index (χ2n) is 3.40. The minimum atomic E-state index is 0.447. The third-order valence-electron chi connectivity index (χ3n) is 2.39. The van der Waals surface area contributed by atoms with Gasteiger partial charge in [0.1, 0.15) is 5.75 Å². The fourth-order valence-electron chi connectivity index (χ4n) is 1.46. The Balaban J connectivity index is 2.28. The number of halogens is 1. The summed E-state index contributed by atoms with van der Waals surface area (Å²) in [6.07, 6.45) is 1.83. The van der Waals surface area contributed by atoms with Crippen molar-refractivity contribution in [1.82, 2.24) is 4.98 Å². The Labute approximate surface area is 99.9 Å². The first-order valence-electron chi connectivity index (χ1n) is 4.99. The predicted molar refractivity (Wildman–Crippen MR) is 65.8 cm³/mol. The minimum absolute atomic E-state index is 0.447. The van der Waals surface area contributed by atoms with Gasteiger partial charge in [-0.25, -0.2) is 0 Å². The molecule has 0 fully saturated rings. The average Bonchev–Trinajstić information content (AvgIpc) is 2.39. The van der Waals surface area contributed by atoms with Crippen molar-refractivity contribution in [3.8, 4) is 16.9 Å². The summed E-state index contributed by atoms with van der Waals surface area (Å²) in [6, 6.07) is 11.8. The van der Waals surface area contributed by atoms with Crippen LogP contribution in [0.5, 0.6) is 5.75 Å². The van der Waals surface area contributed by atoms with E-state index in [9.17, 15) is 0 Å². The number of benzene rings is 1. The molecule has 1 aromatic heterocycles. The van der Waals surface area contributed by atoms with Crippen LogP contribution < -0.4 is 4.74 Å². The molecule has 0 aliphatic rings. The number of rotatable bonds is 3. The fraction of sp³-hybridized carbons (Fsp3) is 0.154. The lowest BCUT2D eigenvalue weighted by Crippen LogP contribution is -1.86. The van der Waals surface area contributed by atoms with Crippen LogP contribution >= 0.6 is 11.6 Å². The van der Waals surface area contributed by atoms with Crippen molar-refractivity contribution in [2.24, 2.45) is 0 Å². The van der Waals surface area contributed by atoms with Crippen molar-refractivity contribution < 1.29 is 4.74 Å². The second-order valence-corrected chi connectivity index (χ2v) is 3.67. The molecule has 3 heteroatoms. The molecule has 0 radical (unpaired) electrons. The zero-order chi connectivity index (χ0) is 11.4. The molecule has 2 rings (SSSR count). The summed E-state index contributed by atoms with van der Waals surface area (Å²) < 4.78 is 5.11. The topological polar surface area (TPSA) is 22.1 Å².